The summed E-state index contributed by atoms with van der Waals surface area (Å²) in [6, 6.07) is 19.2. The lowest BCUT2D eigenvalue weighted by Crippen LogP contribution is -2.16. The third-order valence-electron chi connectivity index (χ3n) is 7.97. The molecule has 7 nitrogen and oxygen atoms in total. The molecule has 0 radical (unpaired) electrons. The van der Waals surface area contributed by atoms with E-state index >= 15 is 0 Å². The topological polar surface area (TPSA) is 85.1 Å². The molecule has 1 fully saturated rings. The zero-order valence-corrected chi connectivity index (χ0v) is 22.1. The fourth-order valence-corrected chi connectivity index (χ4v) is 5.85. The van der Waals surface area contributed by atoms with Crippen molar-refractivity contribution in [3.05, 3.63) is 83.8 Å². The van der Waals surface area contributed by atoms with Crippen molar-refractivity contribution in [3.63, 3.8) is 0 Å². The standard InChI is InChI=1S/C32H35N3O4/c36-32(37)17-22-2-5-24(6-3-22)25-7-9-26(10-8-25)27-11-13-31-34-28(21-35(31)20-27)19-33-18-23-4-12-29-30(16-23)39-15-1-14-38-29/h4,7-13,16,20-22,24,33H,1-3,5-6,14-15,17-19H2,(H,36,37). The van der Waals surface area contributed by atoms with Crippen molar-refractivity contribution in [2.75, 3.05) is 13.2 Å². The van der Waals surface area contributed by atoms with Crippen LogP contribution in [-0.2, 0) is 17.9 Å². The zero-order valence-electron chi connectivity index (χ0n) is 22.1. The number of nitrogens with zero attached hydrogens (tertiary/aromatic N) is 2. The first-order valence-corrected chi connectivity index (χ1v) is 14.0. The summed E-state index contributed by atoms with van der Waals surface area (Å²) in [6.07, 6.45) is 9.59. The Bertz CT molecular complexity index is 1440. The molecule has 39 heavy (non-hydrogen) atoms. The van der Waals surface area contributed by atoms with Crippen LogP contribution >= 0.6 is 0 Å². The van der Waals surface area contributed by atoms with Gasteiger partial charge in [0.25, 0.3) is 0 Å². The lowest BCUT2D eigenvalue weighted by Gasteiger charge is -2.28. The van der Waals surface area contributed by atoms with E-state index in [-0.39, 0.29) is 0 Å². The van der Waals surface area contributed by atoms with Gasteiger partial charge in [0.05, 0.1) is 18.9 Å². The van der Waals surface area contributed by atoms with E-state index < -0.39 is 5.97 Å². The minimum atomic E-state index is -0.673. The molecule has 2 N–H and O–H groups in total. The maximum Gasteiger partial charge on any atom is 0.303 e. The van der Waals surface area contributed by atoms with E-state index in [0.29, 0.717) is 38.0 Å². The van der Waals surface area contributed by atoms with Crippen LogP contribution in [0.3, 0.4) is 0 Å². The average Bonchev–Trinajstić information content (AvgIpc) is 3.21. The SMILES string of the molecule is O=C(O)CC1CCC(c2ccc(-c3ccc4nc(CNCc5ccc6c(c5)OCCCO6)cn4c3)cc2)CC1. The number of ether oxygens (including phenoxy) is 2. The number of fused-ring (bicyclic) bond motifs is 2. The maximum atomic E-state index is 11.0. The van der Waals surface area contributed by atoms with Gasteiger partial charge in [-0.3, -0.25) is 4.79 Å². The number of imidazole rings is 1. The molecule has 0 atom stereocenters. The number of rotatable bonds is 8. The van der Waals surface area contributed by atoms with E-state index in [0.717, 1.165) is 72.6 Å². The molecule has 2 aromatic carbocycles. The summed E-state index contributed by atoms with van der Waals surface area (Å²) in [6.45, 7) is 2.79. The monoisotopic (exact) mass is 525 g/mol. The van der Waals surface area contributed by atoms with Gasteiger partial charge in [0.1, 0.15) is 5.65 Å². The van der Waals surface area contributed by atoms with Crippen LogP contribution in [0.5, 0.6) is 11.5 Å². The number of carboxylic acids is 1. The highest BCUT2D eigenvalue weighted by atomic mass is 16.5. The number of hydrogen-bond acceptors (Lipinski definition) is 5. The molecule has 3 heterocycles. The fraction of sp³-hybridized carbons (Fsp3) is 0.375. The van der Waals surface area contributed by atoms with Crippen LogP contribution in [0.2, 0.25) is 0 Å². The predicted molar refractivity (Wildman–Crippen MR) is 150 cm³/mol. The molecule has 1 aliphatic carbocycles. The lowest BCUT2D eigenvalue weighted by atomic mass is 9.77. The Balaban J connectivity index is 1.06. The van der Waals surface area contributed by atoms with Crippen molar-refractivity contribution >= 4 is 11.6 Å². The summed E-state index contributed by atoms with van der Waals surface area (Å²) < 4.78 is 13.6. The Hall–Kier alpha value is -3.84. The maximum absolute atomic E-state index is 11.0. The molecular formula is C32H35N3O4. The highest BCUT2D eigenvalue weighted by molar-refractivity contribution is 5.67. The second kappa shape index (κ2) is 11.5. The van der Waals surface area contributed by atoms with Gasteiger partial charge >= 0.3 is 5.97 Å². The minimum Gasteiger partial charge on any atom is -0.490 e. The van der Waals surface area contributed by atoms with Crippen LogP contribution in [0, 0.1) is 5.92 Å². The summed E-state index contributed by atoms with van der Waals surface area (Å²) in [7, 11) is 0. The minimum absolute atomic E-state index is 0.306. The number of hydrogen-bond donors (Lipinski definition) is 2. The molecule has 1 aliphatic heterocycles. The Morgan fingerprint density at radius 1 is 0.897 bits per heavy atom. The van der Waals surface area contributed by atoms with E-state index in [9.17, 15) is 4.79 Å². The average molecular weight is 526 g/mol. The van der Waals surface area contributed by atoms with Gasteiger partial charge in [-0.15, -0.1) is 0 Å². The second-order valence-corrected chi connectivity index (χ2v) is 10.8. The van der Waals surface area contributed by atoms with Gasteiger partial charge < -0.3 is 24.3 Å². The third kappa shape index (κ3) is 6.09. The van der Waals surface area contributed by atoms with Crippen molar-refractivity contribution in [2.24, 2.45) is 5.92 Å². The van der Waals surface area contributed by atoms with Crippen molar-refractivity contribution in [1.29, 1.82) is 0 Å². The molecule has 0 unspecified atom stereocenters. The smallest absolute Gasteiger partial charge is 0.303 e. The Morgan fingerprint density at radius 3 is 2.46 bits per heavy atom. The summed E-state index contributed by atoms with van der Waals surface area (Å²) in [5.41, 5.74) is 6.78. The van der Waals surface area contributed by atoms with Crippen molar-refractivity contribution in [3.8, 4) is 22.6 Å². The molecule has 7 heteroatoms. The first kappa shape index (κ1) is 25.4. The van der Waals surface area contributed by atoms with Gasteiger partial charge in [-0.1, -0.05) is 30.3 Å². The van der Waals surface area contributed by atoms with Crippen LogP contribution in [0.25, 0.3) is 16.8 Å². The fourth-order valence-electron chi connectivity index (χ4n) is 5.85. The van der Waals surface area contributed by atoms with E-state index in [4.69, 9.17) is 19.6 Å². The zero-order chi connectivity index (χ0) is 26.6. The van der Waals surface area contributed by atoms with Gasteiger partial charge in [0, 0.05) is 38.3 Å². The van der Waals surface area contributed by atoms with Crippen LogP contribution in [0.1, 0.15) is 61.3 Å². The second-order valence-electron chi connectivity index (χ2n) is 10.8. The number of pyridine rings is 1. The number of carboxylic acid groups (broad SMARTS) is 1. The molecule has 202 valence electrons. The quantitative estimate of drug-likeness (QED) is 0.285. The van der Waals surface area contributed by atoms with E-state index in [1.54, 1.807) is 0 Å². The molecular weight excluding hydrogens is 490 g/mol. The first-order valence-electron chi connectivity index (χ1n) is 14.0. The highest BCUT2D eigenvalue weighted by Crippen LogP contribution is 2.37. The van der Waals surface area contributed by atoms with Crippen molar-refractivity contribution in [2.45, 2.75) is 57.5 Å². The molecule has 1 saturated carbocycles. The van der Waals surface area contributed by atoms with E-state index in [2.05, 4.69) is 70.6 Å². The van der Waals surface area contributed by atoms with Gasteiger partial charge in [0.2, 0.25) is 0 Å². The largest absolute Gasteiger partial charge is 0.490 e. The Morgan fingerprint density at radius 2 is 1.67 bits per heavy atom. The Labute approximate surface area is 228 Å². The van der Waals surface area contributed by atoms with E-state index in [1.165, 1.54) is 11.1 Å². The van der Waals surface area contributed by atoms with Crippen LogP contribution < -0.4 is 14.8 Å². The number of benzene rings is 2. The highest BCUT2D eigenvalue weighted by Gasteiger charge is 2.24. The molecule has 6 rings (SSSR count). The van der Waals surface area contributed by atoms with Gasteiger partial charge in [-0.25, -0.2) is 4.98 Å². The summed E-state index contributed by atoms with van der Waals surface area (Å²) >= 11 is 0. The van der Waals surface area contributed by atoms with E-state index in [1.807, 2.05) is 6.07 Å². The molecule has 0 saturated heterocycles. The molecule has 0 bridgehead atoms. The summed E-state index contributed by atoms with van der Waals surface area (Å²) in [4.78, 5) is 15.8. The molecule has 2 aliphatic rings. The van der Waals surface area contributed by atoms with Crippen molar-refractivity contribution < 1.29 is 19.4 Å². The third-order valence-corrected chi connectivity index (χ3v) is 7.97. The first-order chi connectivity index (χ1) is 19.1. The number of nitrogens with one attached hydrogen (secondary N) is 1. The summed E-state index contributed by atoms with van der Waals surface area (Å²) in [5, 5.41) is 12.6. The van der Waals surface area contributed by atoms with Crippen LogP contribution in [0.15, 0.2) is 67.0 Å². The number of carbonyl (C=O) groups is 1. The van der Waals surface area contributed by atoms with Crippen molar-refractivity contribution in [1.82, 2.24) is 14.7 Å². The van der Waals surface area contributed by atoms with Gasteiger partial charge in [-0.2, -0.15) is 0 Å². The molecule has 0 spiro atoms. The lowest BCUT2D eigenvalue weighted by molar-refractivity contribution is -0.138. The molecule has 0 amide bonds. The van der Waals surface area contributed by atoms with Crippen LogP contribution in [0.4, 0.5) is 0 Å². The van der Waals surface area contributed by atoms with Gasteiger partial charge in [-0.05, 0) is 84.0 Å². The predicted octanol–water partition coefficient (Wildman–Crippen LogP) is 6.20. The molecule has 2 aromatic heterocycles. The normalized spacial score (nSPS) is 19.1. The number of aromatic nitrogens is 2. The summed E-state index contributed by atoms with van der Waals surface area (Å²) in [5.74, 6) is 1.83. The van der Waals surface area contributed by atoms with Gasteiger partial charge in [0.15, 0.2) is 11.5 Å². The van der Waals surface area contributed by atoms with Crippen LogP contribution in [-0.4, -0.2) is 33.7 Å². The number of aliphatic carboxylic acids is 1. The Kier molecular flexibility index (Phi) is 7.50. The molecule has 4 aromatic rings.